The summed E-state index contributed by atoms with van der Waals surface area (Å²) in [6.45, 7) is 7.74. The molecule has 0 aliphatic carbocycles. The highest BCUT2D eigenvalue weighted by Crippen LogP contribution is 2.13. The highest BCUT2D eigenvalue weighted by Gasteiger charge is 2.17. The van der Waals surface area contributed by atoms with Crippen molar-refractivity contribution in [3.63, 3.8) is 0 Å². The summed E-state index contributed by atoms with van der Waals surface area (Å²) < 4.78 is 17.2. The van der Waals surface area contributed by atoms with Crippen LogP contribution in [-0.4, -0.2) is 37.9 Å². The summed E-state index contributed by atoms with van der Waals surface area (Å²) in [5.41, 5.74) is 0. The Hall–Kier alpha value is -1.62. The molecule has 0 saturated heterocycles. The van der Waals surface area contributed by atoms with Gasteiger partial charge in [0.1, 0.15) is 6.61 Å². The standard InChI is InChI=1S/C43H80O5/c1-4-7-10-13-16-19-21-22-23-25-27-30-33-36-42(44)47-40-41(39-46-38-35-32-29-26-20-17-14-11-8-5-2)48-43(45)37-34-31-28-24-18-15-12-9-6-3/h10,13,19,21,41H,4-9,11-12,14-18,20,22-40H2,1-3H3/b13-10-,21-19-. The molecule has 0 spiro atoms. The summed E-state index contributed by atoms with van der Waals surface area (Å²) in [7, 11) is 0. The number of rotatable bonds is 38. The zero-order chi connectivity index (χ0) is 35.0. The summed E-state index contributed by atoms with van der Waals surface area (Å²) in [5, 5.41) is 0. The van der Waals surface area contributed by atoms with Crippen LogP contribution >= 0.6 is 0 Å². The van der Waals surface area contributed by atoms with Gasteiger partial charge in [-0.3, -0.25) is 9.59 Å². The molecule has 0 saturated carbocycles. The molecule has 0 bridgehead atoms. The lowest BCUT2D eigenvalue weighted by Gasteiger charge is -2.18. The van der Waals surface area contributed by atoms with Gasteiger partial charge in [-0.15, -0.1) is 0 Å². The van der Waals surface area contributed by atoms with E-state index in [1.165, 1.54) is 128 Å². The van der Waals surface area contributed by atoms with Crippen molar-refractivity contribution in [2.24, 2.45) is 0 Å². The number of carbonyl (C=O) groups is 2. The fourth-order valence-corrected chi connectivity index (χ4v) is 5.84. The second-order valence-corrected chi connectivity index (χ2v) is 13.9. The molecule has 0 aromatic carbocycles. The first kappa shape index (κ1) is 46.4. The maximum absolute atomic E-state index is 12.6. The summed E-state index contributed by atoms with van der Waals surface area (Å²) in [6, 6.07) is 0. The van der Waals surface area contributed by atoms with Gasteiger partial charge in [0.25, 0.3) is 0 Å². The first-order chi connectivity index (χ1) is 23.6. The molecular weight excluding hydrogens is 596 g/mol. The number of hydrogen-bond acceptors (Lipinski definition) is 5. The molecule has 5 nitrogen and oxygen atoms in total. The summed E-state index contributed by atoms with van der Waals surface area (Å²) in [6.07, 6.45) is 43.1. The summed E-state index contributed by atoms with van der Waals surface area (Å²) in [4.78, 5) is 25.1. The van der Waals surface area contributed by atoms with Crippen LogP contribution in [0.5, 0.6) is 0 Å². The van der Waals surface area contributed by atoms with Crippen molar-refractivity contribution < 1.29 is 23.8 Å². The maximum atomic E-state index is 12.6. The minimum absolute atomic E-state index is 0.0837. The zero-order valence-corrected chi connectivity index (χ0v) is 32.3. The van der Waals surface area contributed by atoms with Crippen LogP contribution in [0.1, 0.15) is 213 Å². The molecule has 282 valence electrons. The van der Waals surface area contributed by atoms with Crippen molar-refractivity contribution in [1.29, 1.82) is 0 Å². The molecule has 0 radical (unpaired) electrons. The number of esters is 2. The average Bonchev–Trinajstić information content (AvgIpc) is 3.08. The van der Waals surface area contributed by atoms with E-state index in [4.69, 9.17) is 14.2 Å². The lowest BCUT2D eigenvalue weighted by atomic mass is 10.1. The lowest BCUT2D eigenvalue weighted by Crippen LogP contribution is -2.30. The van der Waals surface area contributed by atoms with E-state index in [0.717, 1.165) is 51.4 Å². The molecule has 48 heavy (non-hydrogen) atoms. The van der Waals surface area contributed by atoms with Crippen molar-refractivity contribution in [1.82, 2.24) is 0 Å². The van der Waals surface area contributed by atoms with E-state index in [-0.39, 0.29) is 25.2 Å². The summed E-state index contributed by atoms with van der Waals surface area (Å²) >= 11 is 0. The van der Waals surface area contributed by atoms with Crippen LogP contribution in [0.4, 0.5) is 0 Å². The monoisotopic (exact) mass is 677 g/mol. The number of unbranched alkanes of at least 4 members (excludes halogenated alkanes) is 23. The van der Waals surface area contributed by atoms with E-state index in [2.05, 4.69) is 45.1 Å². The lowest BCUT2D eigenvalue weighted by molar-refractivity contribution is -0.163. The van der Waals surface area contributed by atoms with Gasteiger partial charge in [0.2, 0.25) is 0 Å². The third-order valence-electron chi connectivity index (χ3n) is 8.97. The fourth-order valence-electron chi connectivity index (χ4n) is 5.84. The molecule has 0 heterocycles. The van der Waals surface area contributed by atoms with Gasteiger partial charge in [0, 0.05) is 19.4 Å². The largest absolute Gasteiger partial charge is 0.462 e. The molecule has 0 N–H and O–H groups in total. The van der Waals surface area contributed by atoms with Gasteiger partial charge in [-0.1, -0.05) is 180 Å². The maximum Gasteiger partial charge on any atom is 0.306 e. The third-order valence-corrected chi connectivity index (χ3v) is 8.97. The van der Waals surface area contributed by atoms with Gasteiger partial charge in [0.15, 0.2) is 6.10 Å². The predicted molar refractivity (Wildman–Crippen MR) is 205 cm³/mol. The van der Waals surface area contributed by atoms with E-state index in [9.17, 15) is 9.59 Å². The highest BCUT2D eigenvalue weighted by molar-refractivity contribution is 5.70. The van der Waals surface area contributed by atoms with E-state index in [1.807, 2.05) is 0 Å². The molecule has 5 heteroatoms. The Labute approximate surface area is 298 Å². The molecule has 0 fully saturated rings. The smallest absolute Gasteiger partial charge is 0.306 e. The van der Waals surface area contributed by atoms with Crippen molar-refractivity contribution in [2.45, 2.75) is 219 Å². The molecule has 0 rings (SSSR count). The molecule has 1 atom stereocenters. The Kier molecular flexibility index (Phi) is 38.5. The number of carbonyl (C=O) groups excluding carboxylic acids is 2. The second kappa shape index (κ2) is 39.8. The number of hydrogen-bond donors (Lipinski definition) is 0. The van der Waals surface area contributed by atoms with E-state index in [0.29, 0.717) is 19.4 Å². The van der Waals surface area contributed by atoms with Crippen molar-refractivity contribution in [2.75, 3.05) is 19.8 Å². The normalized spacial score (nSPS) is 12.3. The Morgan fingerprint density at radius 2 is 0.917 bits per heavy atom. The van der Waals surface area contributed by atoms with Crippen molar-refractivity contribution in [3.05, 3.63) is 24.3 Å². The molecule has 0 aromatic rings. The van der Waals surface area contributed by atoms with Gasteiger partial charge in [-0.2, -0.15) is 0 Å². The van der Waals surface area contributed by atoms with Gasteiger partial charge in [0.05, 0.1) is 6.61 Å². The summed E-state index contributed by atoms with van der Waals surface area (Å²) in [5.74, 6) is -0.409. The average molecular weight is 677 g/mol. The van der Waals surface area contributed by atoms with Gasteiger partial charge in [-0.25, -0.2) is 0 Å². The van der Waals surface area contributed by atoms with Crippen LogP contribution in [0, 0.1) is 0 Å². The first-order valence-corrected chi connectivity index (χ1v) is 20.9. The third kappa shape index (κ3) is 37.2. The van der Waals surface area contributed by atoms with E-state index < -0.39 is 6.10 Å². The van der Waals surface area contributed by atoms with Crippen LogP contribution in [0.3, 0.4) is 0 Å². The fraction of sp³-hybridized carbons (Fsp3) is 0.860. The van der Waals surface area contributed by atoms with E-state index >= 15 is 0 Å². The van der Waals surface area contributed by atoms with E-state index in [1.54, 1.807) is 0 Å². The highest BCUT2D eigenvalue weighted by atomic mass is 16.6. The van der Waals surface area contributed by atoms with Crippen LogP contribution < -0.4 is 0 Å². The number of ether oxygens (including phenoxy) is 3. The number of allylic oxidation sites excluding steroid dienone is 4. The van der Waals surface area contributed by atoms with Gasteiger partial charge < -0.3 is 14.2 Å². The SMILES string of the molecule is CCC/C=C\C/C=C\CCCCCCCC(=O)OCC(COCCCCCCCCCCCC)OC(=O)CCCCCCCCCCC. The first-order valence-electron chi connectivity index (χ1n) is 20.9. The minimum atomic E-state index is -0.529. The quantitative estimate of drug-likeness (QED) is 0.0370. The van der Waals surface area contributed by atoms with Gasteiger partial charge >= 0.3 is 11.9 Å². The van der Waals surface area contributed by atoms with Crippen LogP contribution in [-0.2, 0) is 23.8 Å². The molecular formula is C43H80O5. The molecule has 0 amide bonds. The zero-order valence-electron chi connectivity index (χ0n) is 32.3. The molecule has 0 aliphatic heterocycles. The Bertz CT molecular complexity index is 731. The van der Waals surface area contributed by atoms with Crippen LogP contribution in [0.2, 0.25) is 0 Å². The molecule has 0 aliphatic rings. The van der Waals surface area contributed by atoms with Crippen LogP contribution in [0.15, 0.2) is 24.3 Å². The molecule has 1 unspecified atom stereocenters. The minimum Gasteiger partial charge on any atom is -0.462 e. The van der Waals surface area contributed by atoms with Crippen LogP contribution in [0.25, 0.3) is 0 Å². The Morgan fingerprint density at radius 1 is 0.458 bits per heavy atom. The molecule has 0 aromatic heterocycles. The topological polar surface area (TPSA) is 61.8 Å². The Morgan fingerprint density at radius 3 is 1.46 bits per heavy atom. The van der Waals surface area contributed by atoms with Crippen molar-refractivity contribution >= 4 is 11.9 Å². The predicted octanol–water partition coefficient (Wildman–Crippen LogP) is 13.3. The second-order valence-electron chi connectivity index (χ2n) is 13.9. The Balaban J connectivity index is 4.22. The van der Waals surface area contributed by atoms with Crippen molar-refractivity contribution in [3.8, 4) is 0 Å². The van der Waals surface area contributed by atoms with Gasteiger partial charge in [-0.05, 0) is 44.9 Å².